The summed E-state index contributed by atoms with van der Waals surface area (Å²) in [7, 11) is 0. The van der Waals surface area contributed by atoms with Crippen LogP contribution in [0.4, 0.5) is 5.69 Å². The van der Waals surface area contributed by atoms with E-state index < -0.39 is 0 Å². The van der Waals surface area contributed by atoms with Gasteiger partial charge in [0, 0.05) is 24.5 Å². The number of hydrogen-bond donors (Lipinski definition) is 2. The molecule has 2 amide bonds. The number of halogens is 1. The lowest BCUT2D eigenvalue weighted by Crippen LogP contribution is -2.36. The zero-order valence-electron chi connectivity index (χ0n) is 16.1. The van der Waals surface area contributed by atoms with Gasteiger partial charge in [0.15, 0.2) is 0 Å². The second-order valence-corrected chi connectivity index (χ2v) is 8.32. The molecule has 1 aromatic rings. The molecule has 2 fully saturated rings. The van der Waals surface area contributed by atoms with Crippen LogP contribution in [-0.2, 0) is 4.79 Å². The van der Waals surface area contributed by atoms with Crippen molar-refractivity contribution in [2.75, 3.05) is 31.5 Å². The summed E-state index contributed by atoms with van der Waals surface area (Å²) in [5, 5.41) is 6.88. The topological polar surface area (TPSA) is 61.4 Å². The van der Waals surface area contributed by atoms with Crippen LogP contribution in [-0.4, -0.2) is 42.9 Å². The summed E-state index contributed by atoms with van der Waals surface area (Å²) in [5.41, 5.74) is 1.05. The van der Waals surface area contributed by atoms with Crippen LogP contribution in [0.2, 0.25) is 5.02 Å². The van der Waals surface area contributed by atoms with E-state index in [0.717, 1.165) is 45.4 Å². The van der Waals surface area contributed by atoms with Gasteiger partial charge in [-0.3, -0.25) is 9.59 Å². The van der Waals surface area contributed by atoms with Gasteiger partial charge in [0.1, 0.15) is 0 Å². The second kappa shape index (κ2) is 9.56. The van der Waals surface area contributed by atoms with E-state index in [0.29, 0.717) is 34.5 Å². The van der Waals surface area contributed by atoms with Crippen LogP contribution in [0.3, 0.4) is 0 Å². The normalized spacial score (nSPS) is 21.6. The first kappa shape index (κ1) is 20.2. The maximum Gasteiger partial charge on any atom is 0.255 e. The molecular formula is C21H30ClN3O2. The molecule has 2 saturated heterocycles. The van der Waals surface area contributed by atoms with E-state index in [9.17, 15) is 9.59 Å². The second-order valence-electron chi connectivity index (χ2n) is 7.88. The van der Waals surface area contributed by atoms with Crippen LogP contribution in [0, 0.1) is 11.8 Å². The molecule has 0 aliphatic carbocycles. The highest BCUT2D eigenvalue weighted by atomic mass is 35.5. The summed E-state index contributed by atoms with van der Waals surface area (Å²) >= 11 is 6.13. The first-order valence-electron chi connectivity index (χ1n) is 10.1. The van der Waals surface area contributed by atoms with E-state index in [-0.39, 0.29) is 11.8 Å². The molecule has 0 radical (unpaired) electrons. The van der Waals surface area contributed by atoms with Gasteiger partial charge in [-0.2, -0.15) is 0 Å². The maximum atomic E-state index is 12.9. The standard InChI is InChI=1S/C21H30ClN3O2/c1-15(16-6-5-9-23-14-16)12-20(26)24-19-13-17(22)7-8-18(19)21(27)25-10-3-2-4-11-25/h7-8,13,15-16,23H,2-6,9-12,14H2,1H3,(H,24,26). The lowest BCUT2D eigenvalue weighted by atomic mass is 9.85. The Morgan fingerprint density at radius 3 is 2.74 bits per heavy atom. The van der Waals surface area contributed by atoms with Crippen LogP contribution in [0.15, 0.2) is 18.2 Å². The molecule has 0 bridgehead atoms. The predicted octanol–water partition coefficient (Wildman–Crippen LogP) is 3.93. The average Bonchev–Trinajstić information content (AvgIpc) is 2.69. The summed E-state index contributed by atoms with van der Waals surface area (Å²) in [6, 6.07) is 5.12. The molecule has 3 rings (SSSR count). The lowest BCUT2D eigenvalue weighted by molar-refractivity contribution is -0.117. The first-order valence-corrected chi connectivity index (χ1v) is 10.5. The highest BCUT2D eigenvalue weighted by molar-refractivity contribution is 6.31. The van der Waals surface area contributed by atoms with Crippen molar-refractivity contribution in [1.29, 1.82) is 0 Å². The quantitative estimate of drug-likeness (QED) is 0.799. The average molecular weight is 392 g/mol. The molecule has 2 N–H and O–H groups in total. The van der Waals surface area contributed by atoms with Gasteiger partial charge >= 0.3 is 0 Å². The number of nitrogens with one attached hydrogen (secondary N) is 2. The van der Waals surface area contributed by atoms with Crippen LogP contribution in [0.5, 0.6) is 0 Å². The first-order chi connectivity index (χ1) is 13.0. The zero-order chi connectivity index (χ0) is 19.2. The molecule has 1 aromatic carbocycles. The van der Waals surface area contributed by atoms with Crippen LogP contribution in [0.25, 0.3) is 0 Å². The monoisotopic (exact) mass is 391 g/mol. The van der Waals surface area contributed by atoms with Crippen LogP contribution >= 0.6 is 11.6 Å². The van der Waals surface area contributed by atoms with Gasteiger partial charge < -0.3 is 15.5 Å². The van der Waals surface area contributed by atoms with E-state index in [1.165, 1.54) is 12.8 Å². The number of piperidine rings is 2. The van der Waals surface area contributed by atoms with Crippen LogP contribution < -0.4 is 10.6 Å². The third-order valence-corrected chi connectivity index (χ3v) is 6.01. The number of anilines is 1. The molecule has 6 heteroatoms. The number of hydrogen-bond acceptors (Lipinski definition) is 3. The summed E-state index contributed by atoms with van der Waals surface area (Å²) in [6.07, 6.45) is 6.02. The van der Waals surface area contributed by atoms with Crippen molar-refractivity contribution < 1.29 is 9.59 Å². The molecule has 2 aliphatic rings. The van der Waals surface area contributed by atoms with Gasteiger partial charge in [-0.15, -0.1) is 0 Å². The predicted molar refractivity (Wildman–Crippen MR) is 109 cm³/mol. The maximum absolute atomic E-state index is 12.9. The molecule has 2 aliphatic heterocycles. The van der Waals surface area contributed by atoms with Gasteiger partial charge in [0.25, 0.3) is 5.91 Å². The number of carbonyl (C=O) groups excluding carboxylic acids is 2. The Morgan fingerprint density at radius 1 is 1.26 bits per heavy atom. The Kier molecular flexibility index (Phi) is 7.13. The van der Waals surface area contributed by atoms with Gasteiger partial charge in [-0.05, 0) is 75.2 Å². The molecule has 2 heterocycles. The Labute approximate surface area is 166 Å². The molecule has 2 atom stereocenters. The van der Waals surface area contributed by atoms with Gasteiger partial charge in [-0.25, -0.2) is 0 Å². The smallest absolute Gasteiger partial charge is 0.255 e. The summed E-state index contributed by atoms with van der Waals surface area (Å²) < 4.78 is 0. The minimum absolute atomic E-state index is 0.0220. The Hall–Kier alpha value is -1.59. The van der Waals surface area contributed by atoms with Crippen LogP contribution in [0.1, 0.15) is 55.8 Å². The summed E-state index contributed by atoms with van der Waals surface area (Å²) in [5.74, 6) is 0.755. The fourth-order valence-electron chi connectivity index (χ4n) is 4.10. The van der Waals surface area contributed by atoms with Crippen molar-refractivity contribution >= 4 is 29.1 Å². The Balaban J connectivity index is 1.66. The number of carbonyl (C=O) groups is 2. The number of nitrogens with zero attached hydrogens (tertiary/aromatic N) is 1. The largest absolute Gasteiger partial charge is 0.339 e. The highest BCUT2D eigenvalue weighted by Crippen LogP contribution is 2.26. The SMILES string of the molecule is CC(CC(=O)Nc1cc(Cl)ccc1C(=O)N1CCCCC1)C1CCCNC1. The van der Waals surface area contributed by atoms with Crippen molar-refractivity contribution in [3.63, 3.8) is 0 Å². The van der Waals surface area contributed by atoms with E-state index in [4.69, 9.17) is 11.6 Å². The van der Waals surface area contributed by atoms with Crippen molar-refractivity contribution in [2.24, 2.45) is 11.8 Å². The van der Waals surface area contributed by atoms with Crippen molar-refractivity contribution in [3.05, 3.63) is 28.8 Å². The summed E-state index contributed by atoms with van der Waals surface area (Å²) in [6.45, 7) is 5.74. The van der Waals surface area contributed by atoms with Gasteiger partial charge in [0.05, 0.1) is 11.3 Å². The number of rotatable bonds is 5. The van der Waals surface area contributed by atoms with E-state index in [2.05, 4.69) is 17.6 Å². The minimum Gasteiger partial charge on any atom is -0.339 e. The van der Waals surface area contributed by atoms with Gasteiger partial charge in [0.2, 0.25) is 5.91 Å². The fraction of sp³-hybridized carbons (Fsp3) is 0.619. The van der Waals surface area contributed by atoms with Crippen molar-refractivity contribution in [3.8, 4) is 0 Å². The number of likely N-dealkylation sites (tertiary alicyclic amines) is 1. The van der Waals surface area contributed by atoms with Gasteiger partial charge in [-0.1, -0.05) is 18.5 Å². The molecular weight excluding hydrogens is 362 g/mol. The van der Waals surface area contributed by atoms with E-state index in [1.54, 1.807) is 18.2 Å². The molecule has 148 valence electrons. The molecule has 0 spiro atoms. The summed E-state index contributed by atoms with van der Waals surface area (Å²) in [4.78, 5) is 27.4. The molecule has 0 aromatic heterocycles. The third kappa shape index (κ3) is 5.45. The Morgan fingerprint density at radius 2 is 2.04 bits per heavy atom. The molecule has 27 heavy (non-hydrogen) atoms. The zero-order valence-corrected chi connectivity index (χ0v) is 16.9. The Bertz CT molecular complexity index is 667. The molecule has 2 unspecified atom stereocenters. The number of benzene rings is 1. The lowest BCUT2D eigenvalue weighted by Gasteiger charge is -2.28. The number of amides is 2. The minimum atomic E-state index is -0.0527. The fourth-order valence-corrected chi connectivity index (χ4v) is 4.27. The third-order valence-electron chi connectivity index (χ3n) is 5.78. The van der Waals surface area contributed by atoms with Crippen molar-refractivity contribution in [2.45, 2.75) is 45.4 Å². The molecule has 5 nitrogen and oxygen atoms in total. The van der Waals surface area contributed by atoms with E-state index in [1.807, 2.05) is 4.90 Å². The van der Waals surface area contributed by atoms with Crippen molar-refractivity contribution in [1.82, 2.24) is 10.2 Å². The molecule has 0 saturated carbocycles. The van der Waals surface area contributed by atoms with E-state index >= 15 is 0 Å². The highest BCUT2D eigenvalue weighted by Gasteiger charge is 2.24.